The zero-order chi connectivity index (χ0) is 18.0. The Kier molecular flexibility index (Phi) is 4.65. The molecule has 0 aromatic heterocycles. The van der Waals surface area contributed by atoms with Crippen molar-refractivity contribution in [1.29, 1.82) is 0 Å². The maximum Gasteiger partial charge on any atom is 0.229 e. The summed E-state index contributed by atoms with van der Waals surface area (Å²) in [6.07, 6.45) is 0.330. The topological polar surface area (TPSA) is 90.9 Å². The lowest BCUT2D eigenvalue weighted by molar-refractivity contribution is 0.0368. The average Bonchev–Trinajstić information content (AvgIpc) is 2.56. The Morgan fingerprint density at radius 1 is 1.20 bits per heavy atom. The number of methoxy groups -OCH3 is 1. The van der Waals surface area contributed by atoms with Gasteiger partial charge in [-0.25, -0.2) is 8.42 Å². The molecule has 7 nitrogen and oxygen atoms in total. The largest absolute Gasteiger partial charge is 0.490 e. The second-order valence-electron chi connectivity index (χ2n) is 5.53. The van der Waals surface area contributed by atoms with Gasteiger partial charge in [-0.2, -0.15) is 0 Å². The molecule has 0 fully saturated rings. The van der Waals surface area contributed by atoms with Crippen LogP contribution < -0.4 is 14.2 Å². The Balaban J connectivity index is 2.06. The summed E-state index contributed by atoms with van der Waals surface area (Å²) in [4.78, 5) is 12.4. The molecular weight excluding hydrogens is 346 g/mol. The molecule has 25 heavy (non-hydrogen) atoms. The normalized spacial score (nSPS) is 16.7. The van der Waals surface area contributed by atoms with Gasteiger partial charge in [-0.05, 0) is 18.2 Å². The Hall–Kier alpha value is -2.58. The molecular formula is C17H17NO6S. The van der Waals surface area contributed by atoms with E-state index in [1.807, 2.05) is 6.07 Å². The van der Waals surface area contributed by atoms with Gasteiger partial charge in [-0.15, -0.1) is 0 Å². The number of carbonyl (C=O) groups is 1. The van der Waals surface area contributed by atoms with Crippen LogP contribution >= 0.6 is 0 Å². The van der Waals surface area contributed by atoms with Crippen LogP contribution in [0.5, 0.6) is 17.2 Å². The number of rotatable bonds is 5. The Morgan fingerprint density at radius 2 is 1.92 bits per heavy atom. The maximum absolute atomic E-state index is 12.4. The molecule has 8 heteroatoms. The third-order valence-electron chi connectivity index (χ3n) is 3.58. The van der Waals surface area contributed by atoms with Gasteiger partial charge in [0.2, 0.25) is 10.0 Å². The van der Waals surface area contributed by atoms with Gasteiger partial charge in [0, 0.05) is 13.2 Å². The number of sulfonamides is 1. The number of Topliss-reactive ketones (excluding diaryl/α,β-unsaturated/α-hetero) is 1. The third-order valence-corrected chi connectivity index (χ3v) is 4.17. The molecule has 1 heterocycles. The zero-order valence-electron chi connectivity index (χ0n) is 13.7. The summed E-state index contributed by atoms with van der Waals surface area (Å²) in [5.41, 5.74) is 0.469. The fraction of sp³-hybridized carbons (Fsp3) is 0.235. The number of anilines is 1. The van der Waals surface area contributed by atoms with Gasteiger partial charge >= 0.3 is 0 Å². The molecule has 1 unspecified atom stereocenters. The van der Waals surface area contributed by atoms with E-state index in [0.717, 1.165) is 6.26 Å². The smallest absolute Gasteiger partial charge is 0.229 e. The number of carbonyl (C=O) groups excluding carboxylic acids is 1. The first kappa shape index (κ1) is 17.2. The molecule has 0 spiro atoms. The molecule has 0 saturated heterocycles. The van der Waals surface area contributed by atoms with Gasteiger partial charge < -0.3 is 14.2 Å². The number of hydrogen-bond donors (Lipinski definition) is 1. The molecule has 1 atom stereocenters. The standard InChI is InChI=1S/C17H17NO6S/c1-22-16-10-23-14-9-13(18-25(2,20)21)15(8-12(14)17(16)19)24-11-6-4-3-5-7-11/h3-9,16,18H,10H2,1-2H3. The van der Waals surface area contributed by atoms with Crippen molar-refractivity contribution in [2.45, 2.75) is 6.10 Å². The molecule has 0 saturated carbocycles. The lowest BCUT2D eigenvalue weighted by Crippen LogP contribution is -2.34. The van der Waals surface area contributed by atoms with E-state index in [0.29, 0.717) is 5.75 Å². The lowest BCUT2D eigenvalue weighted by Gasteiger charge is -2.24. The number of nitrogens with one attached hydrogen (secondary N) is 1. The fourth-order valence-electron chi connectivity index (χ4n) is 2.44. The van der Waals surface area contributed by atoms with Crippen molar-refractivity contribution >= 4 is 21.5 Å². The summed E-state index contributed by atoms with van der Waals surface area (Å²) in [7, 11) is -2.11. The molecule has 1 aliphatic heterocycles. The number of fused-ring (bicyclic) bond motifs is 1. The van der Waals surface area contributed by atoms with Crippen molar-refractivity contribution in [3.8, 4) is 17.2 Å². The van der Waals surface area contributed by atoms with Gasteiger partial charge in [0.15, 0.2) is 17.6 Å². The number of ether oxygens (including phenoxy) is 3. The van der Waals surface area contributed by atoms with Crippen molar-refractivity contribution in [1.82, 2.24) is 0 Å². The first-order valence-corrected chi connectivity index (χ1v) is 9.35. The Morgan fingerprint density at radius 3 is 2.56 bits per heavy atom. The van der Waals surface area contributed by atoms with Gasteiger partial charge in [0.25, 0.3) is 0 Å². The zero-order valence-corrected chi connectivity index (χ0v) is 14.5. The summed E-state index contributed by atoms with van der Waals surface area (Å²) in [6, 6.07) is 11.7. The van der Waals surface area contributed by atoms with E-state index in [-0.39, 0.29) is 35.1 Å². The number of ketones is 1. The highest BCUT2D eigenvalue weighted by Crippen LogP contribution is 2.38. The lowest BCUT2D eigenvalue weighted by atomic mass is 10.0. The highest BCUT2D eigenvalue weighted by molar-refractivity contribution is 7.92. The van der Waals surface area contributed by atoms with Crippen LogP contribution in [0.25, 0.3) is 0 Å². The Bertz CT molecular complexity index is 895. The number of para-hydroxylation sites is 1. The van der Waals surface area contributed by atoms with Crippen LogP contribution in [0.15, 0.2) is 42.5 Å². The molecule has 132 valence electrons. The quantitative estimate of drug-likeness (QED) is 0.877. The molecule has 2 aromatic rings. The van der Waals surface area contributed by atoms with E-state index in [1.54, 1.807) is 24.3 Å². The summed E-state index contributed by atoms with van der Waals surface area (Å²) in [5, 5.41) is 0. The van der Waals surface area contributed by atoms with Crippen molar-refractivity contribution < 1.29 is 27.4 Å². The van der Waals surface area contributed by atoms with Crippen molar-refractivity contribution in [2.24, 2.45) is 0 Å². The molecule has 0 bridgehead atoms. The van der Waals surface area contributed by atoms with Crippen LogP contribution in [0.4, 0.5) is 5.69 Å². The van der Waals surface area contributed by atoms with E-state index >= 15 is 0 Å². The second-order valence-corrected chi connectivity index (χ2v) is 7.28. The van der Waals surface area contributed by atoms with Gasteiger partial charge in [0.05, 0.1) is 17.5 Å². The Labute approximate surface area is 145 Å². The molecule has 2 aromatic carbocycles. The maximum atomic E-state index is 12.4. The highest BCUT2D eigenvalue weighted by atomic mass is 32.2. The van der Waals surface area contributed by atoms with Crippen LogP contribution in [0.1, 0.15) is 10.4 Å². The number of benzene rings is 2. The van der Waals surface area contributed by atoms with E-state index in [1.165, 1.54) is 19.2 Å². The second kappa shape index (κ2) is 6.73. The summed E-state index contributed by atoms with van der Waals surface area (Å²) in [6.45, 7) is 0.0690. The van der Waals surface area contributed by atoms with Crippen molar-refractivity contribution in [2.75, 3.05) is 24.7 Å². The molecule has 0 aliphatic carbocycles. The predicted molar refractivity (Wildman–Crippen MR) is 92.0 cm³/mol. The van der Waals surface area contributed by atoms with Crippen molar-refractivity contribution in [3.05, 3.63) is 48.0 Å². The minimum Gasteiger partial charge on any atom is -0.490 e. The fourth-order valence-corrected chi connectivity index (χ4v) is 3.00. The van der Waals surface area contributed by atoms with Gasteiger partial charge in [-0.1, -0.05) is 18.2 Å². The number of hydrogen-bond acceptors (Lipinski definition) is 6. The highest BCUT2D eigenvalue weighted by Gasteiger charge is 2.30. The third kappa shape index (κ3) is 3.92. The molecule has 3 rings (SSSR count). The van der Waals surface area contributed by atoms with Gasteiger partial charge in [0.1, 0.15) is 18.1 Å². The molecule has 1 N–H and O–H groups in total. The van der Waals surface area contributed by atoms with Crippen LogP contribution in [-0.4, -0.2) is 40.3 Å². The first-order chi connectivity index (χ1) is 11.9. The summed E-state index contributed by atoms with van der Waals surface area (Å²) < 4.78 is 42.1. The first-order valence-electron chi connectivity index (χ1n) is 7.46. The monoisotopic (exact) mass is 363 g/mol. The SMILES string of the molecule is COC1COc2cc(NS(C)(=O)=O)c(Oc3ccccc3)cc2C1=O. The van der Waals surface area contributed by atoms with Crippen molar-refractivity contribution in [3.63, 3.8) is 0 Å². The van der Waals surface area contributed by atoms with Crippen LogP contribution in [0, 0.1) is 0 Å². The van der Waals surface area contributed by atoms with E-state index in [2.05, 4.69) is 4.72 Å². The average molecular weight is 363 g/mol. The van der Waals surface area contributed by atoms with Crippen LogP contribution in [-0.2, 0) is 14.8 Å². The van der Waals surface area contributed by atoms with Crippen LogP contribution in [0.2, 0.25) is 0 Å². The van der Waals surface area contributed by atoms with E-state index in [9.17, 15) is 13.2 Å². The molecule has 0 amide bonds. The summed E-state index contributed by atoms with van der Waals surface area (Å²) >= 11 is 0. The molecule has 1 aliphatic rings. The van der Waals surface area contributed by atoms with Crippen LogP contribution in [0.3, 0.4) is 0 Å². The van der Waals surface area contributed by atoms with E-state index < -0.39 is 16.1 Å². The predicted octanol–water partition coefficient (Wildman–Crippen LogP) is 2.44. The van der Waals surface area contributed by atoms with E-state index in [4.69, 9.17) is 14.2 Å². The minimum absolute atomic E-state index is 0.0690. The summed E-state index contributed by atoms with van der Waals surface area (Å²) in [5.74, 6) is 0.743. The van der Waals surface area contributed by atoms with Gasteiger partial charge in [-0.3, -0.25) is 9.52 Å². The molecule has 0 radical (unpaired) electrons. The minimum atomic E-state index is -3.54.